The molecule has 36 heavy (non-hydrogen) atoms. The fraction of sp³-hybridized carbons (Fsp3) is 0.333. The van der Waals surface area contributed by atoms with Crippen molar-refractivity contribution in [3.05, 3.63) is 59.4 Å². The monoisotopic (exact) mass is 533 g/mol. The van der Waals surface area contributed by atoms with Crippen LogP contribution >= 0.6 is 24.8 Å². The molecule has 0 amide bonds. The zero-order valence-corrected chi connectivity index (χ0v) is 22.6. The topological polar surface area (TPSA) is 88.7 Å². The molecule has 0 aliphatic rings. The third-order valence-electron chi connectivity index (χ3n) is 5.84. The minimum atomic E-state index is 0. The number of pyridine rings is 2. The first kappa shape index (κ1) is 29.2. The molecule has 194 valence electrons. The molecular formula is C27H33Cl2N3O4. The van der Waals surface area contributed by atoms with Crippen LogP contribution in [0, 0.1) is 0 Å². The highest BCUT2D eigenvalue weighted by Gasteiger charge is 2.16. The van der Waals surface area contributed by atoms with Gasteiger partial charge in [0.1, 0.15) is 12.4 Å². The molecule has 0 aliphatic carbocycles. The molecule has 0 radical (unpaired) electrons. The minimum absolute atomic E-state index is 0. The van der Waals surface area contributed by atoms with Crippen molar-refractivity contribution < 1.29 is 18.9 Å². The molecular weight excluding hydrogens is 501 g/mol. The molecule has 0 unspecified atom stereocenters. The molecule has 0 atom stereocenters. The third kappa shape index (κ3) is 6.03. The molecule has 0 spiro atoms. The molecule has 2 aromatic heterocycles. The van der Waals surface area contributed by atoms with E-state index in [-0.39, 0.29) is 24.8 Å². The number of methoxy groups -OCH3 is 3. The van der Waals surface area contributed by atoms with Crippen molar-refractivity contribution in [2.75, 3.05) is 34.5 Å². The summed E-state index contributed by atoms with van der Waals surface area (Å²) < 4.78 is 22.5. The van der Waals surface area contributed by atoms with Crippen LogP contribution in [0.1, 0.15) is 30.2 Å². The number of ether oxygens (including phenoxy) is 4. The molecule has 4 rings (SSSR count). The normalized spacial score (nSPS) is 10.5. The highest BCUT2D eigenvalue weighted by molar-refractivity contribution is 5.91. The summed E-state index contributed by atoms with van der Waals surface area (Å²) in [6.07, 6.45) is 4.42. The van der Waals surface area contributed by atoms with Gasteiger partial charge in [0, 0.05) is 41.2 Å². The highest BCUT2D eigenvalue weighted by Crippen LogP contribution is 2.36. The van der Waals surface area contributed by atoms with Crippen molar-refractivity contribution in [3.8, 4) is 23.1 Å². The third-order valence-corrected chi connectivity index (χ3v) is 5.84. The van der Waals surface area contributed by atoms with E-state index in [4.69, 9.17) is 34.6 Å². The maximum absolute atomic E-state index is 5.95. The summed E-state index contributed by atoms with van der Waals surface area (Å²) in [5.41, 5.74) is 9.59. The van der Waals surface area contributed by atoms with Gasteiger partial charge in [-0.3, -0.25) is 4.98 Å². The number of nitrogens with zero attached hydrogens (tertiary/aromatic N) is 2. The van der Waals surface area contributed by atoms with Crippen LogP contribution in [0.3, 0.4) is 0 Å². The van der Waals surface area contributed by atoms with Gasteiger partial charge in [-0.1, -0.05) is 13.3 Å². The van der Waals surface area contributed by atoms with Crippen LogP contribution in [-0.4, -0.2) is 44.4 Å². The van der Waals surface area contributed by atoms with E-state index in [9.17, 15) is 0 Å². The first-order valence-electron chi connectivity index (χ1n) is 11.4. The first-order chi connectivity index (χ1) is 16.6. The molecule has 9 heteroatoms. The van der Waals surface area contributed by atoms with Crippen molar-refractivity contribution in [2.24, 2.45) is 5.73 Å². The van der Waals surface area contributed by atoms with Gasteiger partial charge in [-0.25, -0.2) is 4.98 Å². The van der Waals surface area contributed by atoms with Crippen LogP contribution in [0.5, 0.6) is 23.1 Å². The maximum Gasteiger partial charge on any atom is 0.217 e. The summed E-state index contributed by atoms with van der Waals surface area (Å²) in [6.45, 7) is 2.95. The van der Waals surface area contributed by atoms with Crippen LogP contribution in [0.15, 0.2) is 42.6 Å². The van der Waals surface area contributed by atoms with Crippen LogP contribution in [-0.2, 0) is 12.8 Å². The SMILES string of the molecule is CCCc1ncc(Cc2cc3cc(OC)ccc3nc2OCCN)c2cc(OC)c(OC)cc12.Cl.Cl. The fourth-order valence-corrected chi connectivity index (χ4v) is 4.18. The van der Waals surface area contributed by atoms with Gasteiger partial charge < -0.3 is 24.7 Å². The molecule has 2 aromatic carbocycles. The molecule has 2 N–H and O–H groups in total. The molecule has 7 nitrogen and oxygen atoms in total. The molecule has 0 saturated heterocycles. The van der Waals surface area contributed by atoms with Gasteiger partial charge >= 0.3 is 0 Å². The smallest absolute Gasteiger partial charge is 0.217 e. The van der Waals surface area contributed by atoms with Crippen molar-refractivity contribution in [1.29, 1.82) is 0 Å². The Kier molecular flexibility index (Phi) is 10.8. The van der Waals surface area contributed by atoms with Gasteiger partial charge in [-0.2, -0.15) is 0 Å². The van der Waals surface area contributed by atoms with Crippen molar-refractivity contribution in [1.82, 2.24) is 9.97 Å². The van der Waals surface area contributed by atoms with E-state index in [1.54, 1.807) is 21.3 Å². The molecule has 4 aromatic rings. The number of aryl methyl sites for hydroxylation is 1. The second-order valence-corrected chi connectivity index (χ2v) is 8.06. The quantitative estimate of drug-likeness (QED) is 0.286. The van der Waals surface area contributed by atoms with Gasteiger partial charge in [0.15, 0.2) is 11.5 Å². The number of aromatic nitrogens is 2. The molecule has 0 aliphatic heterocycles. The highest BCUT2D eigenvalue weighted by atomic mass is 35.5. The molecule has 0 saturated carbocycles. The van der Waals surface area contributed by atoms with Crippen molar-refractivity contribution in [2.45, 2.75) is 26.2 Å². The van der Waals surface area contributed by atoms with E-state index in [0.29, 0.717) is 37.0 Å². The van der Waals surface area contributed by atoms with Crippen molar-refractivity contribution in [3.63, 3.8) is 0 Å². The lowest BCUT2D eigenvalue weighted by molar-refractivity contribution is 0.314. The average Bonchev–Trinajstić information content (AvgIpc) is 2.87. The summed E-state index contributed by atoms with van der Waals surface area (Å²) in [6, 6.07) is 12.0. The van der Waals surface area contributed by atoms with Crippen LogP contribution in [0.4, 0.5) is 0 Å². The summed E-state index contributed by atoms with van der Waals surface area (Å²) in [4.78, 5) is 9.58. The predicted molar refractivity (Wildman–Crippen MR) is 149 cm³/mol. The van der Waals surface area contributed by atoms with Crippen LogP contribution in [0.25, 0.3) is 21.7 Å². The van der Waals surface area contributed by atoms with Crippen LogP contribution in [0.2, 0.25) is 0 Å². The van der Waals surface area contributed by atoms with E-state index in [1.165, 1.54) is 0 Å². The average molecular weight is 534 g/mol. The van der Waals surface area contributed by atoms with E-state index in [1.807, 2.05) is 36.5 Å². The summed E-state index contributed by atoms with van der Waals surface area (Å²) in [5, 5.41) is 3.12. The second-order valence-electron chi connectivity index (χ2n) is 8.06. The fourth-order valence-electron chi connectivity index (χ4n) is 4.18. The standard InChI is InChI=1S/C27H31N3O4.2ClH/c1-5-6-24-22-15-26(33-4)25(32-3)14-21(22)19(16-29-24)12-18-11-17-13-20(31-2)7-8-23(17)30-27(18)34-10-9-28;;/h7-8,11,13-16H,5-6,9-10,12,28H2,1-4H3;2*1H. The number of hydrogen-bond acceptors (Lipinski definition) is 7. The molecule has 0 bridgehead atoms. The Morgan fingerprint density at radius 2 is 1.58 bits per heavy atom. The molecule has 2 heterocycles. The summed E-state index contributed by atoms with van der Waals surface area (Å²) >= 11 is 0. The largest absolute Gasteiger partial charge is 0.497 e. The molecule has 0 fully saturated rings. The number of nitrogens with two attached hydrogens (primary N) is 1. The van der Waals surface area contributed by atoms with E-state index < -0.39 is 0 Å². The van der Waals surface area contributed by atoms with E-state index >= 15 is 0 Å². The zero-order valence-electron chi connectivity index (χ0n) is 21.0. The lowest BCUT2D eigenvalue weighted by atomic mass is 9.97. The van der Waals surface area contributed by atoms with Gasteiger partial charge in [-0.15, -0.1) is 24.8 Å². The maximum atomic E-state index is 5.95. The Hall–Kier alpha value is -3.00. The van der Waals surface area contributed by atoms with Gasteiger partial charge in [0.2, 0.25) is 5.88 Å². The zero-order chi connectivity index (χ0) is 24.1. The van der Waals surface area contributed by atoms with Gasteiger partial charge in [0.25, 0.3) is 0 Å². The number of fused-ring (bicyclic) bond motifs is 2. The number of rotatable bonds is 10. The Bertz CT molecular complexity index is 1320. The Morgan fingerprint density at radius 3 is 2.22 bits per heavy atom. The first-order valence-corrected chi connectivity index (χ1v) is 11.4. The lowest BCUT2D eigenvalue weighted by Crippen LogP contribution is -2.12. The van der Waals surface area contributed by atoms with E-state index in [2.05, 4.69) is 13.0 Å². The number of hydrogen-bond donors (Lipinski definition) is 1. The minimum Gasteiger partial charge on any atom is -0.497 e. The summed E-state index contributed by atoms with van der Waals surface area (Å²) in [7, 11) is 4.96. The van der Waals surface area contributed by atoms with Gasteiger partial charge in [0.05, 0.1) is 26.8 Å². The Morgan fingerprint density at radius 1 is 0.861 bits per heavy atom. The Labute approximate surface area is 224 Å². The predicted octanol–water partition coefficient (Wildman–Crippen LogP) is 5.53. The summed E-state index contributed by atoms with van der Waals surface area (Å²) in [5.74, 6) is 2.74. The van der Waals surface area contributed by atoms with E-state index in [0.717, 1.165) is 57.1 Å². The van der Waals surface area contributed by atoms with Crippen LogP contribution < -0.4 is 24.7 Å². The van der Waals surface area contributed by atoms with Crippen molar-refractivity contribution >= 4 is 46.5 Å². The van der Waals surface area contributed by atoms with Gasteiger partial charge in [-0.05, 0) is 53.8 Å². The number of halogens is 2. The lowest BCUT2D eigenvalue weighted by Gasteiger charge is -2.16. The second kappa shape index (κ2) is 13.3. The number of benzene rings is 2. The Balaban J connectivity index is 0.00000228.